The Morgan fingerprint density at radius 2 is 2.20 bits per heavy atom. The summed E-state index contributed by atoms with van der Waals surface area (Å²) in [4.78, 5) is 14.1. The second-order valence-electron chi connectivity index (χ2n) is 6.41. The van der Waals surface area contributed by atoms with Gasteiger partial charge < -0.3 is 9.64 Å². The normalized spacial score (nSPS) is 18.6. The minimum Gasteiger partial charge on any atom is -0.377 e. The zero-order chi connectivity index (χ0) is 18.4. The number of morpholine rings is 1. The molecular weight excluding hydrogens is 366 g/mol. The third-order valence-electron chi connectivity index (χ3n) is 3.69. The van der Waals surface area contributed by atoms with Crippen molar-refractivity contribution in [1.82, 2.24) is 19.8 Å². The highest BCUT2D eigenvalue weighted by molar-refractivity contribution is 7.88. The Bertz CT molecular complexity index is 677. The van der Waals surface area contributed by atoms with Crippen LogP contribution in [0.3, 0.4) is 0 Å². The fraction of sp³-hybridized carbons (Fsp3) is 0.786. The number of rotatable bonds is 7. The Kier molecular flexibility index (Phi) is 7.11. The third kappa shape index (κ3) is 6.84. The number of carbonyl (C=O) groups is 1. The average molecular weight is 392 g/mol. The molecule has 1 aromatic heterocycles. The highest BCUT2D eigenvalue weighted by atomic mass is 32.2. The summed E-state index contributed by atoms with van der Waals surface area (Å²) in [5.74, 6) is 0.582. The maximum atomic E-state index is 12.5. The Balaban J connectivity index is 1.93. The minimum atomic E-state index is -3.33. The van der Waals surface area contributed by atoms with E-state index in [9.17, 15) is 13.2 Å². The number of ether oxygens (including phenoxy) is 1. The third-order valence-corrected chi connectivity index (χ3v) is 5.28. The summed E-state index contributed by atoms with van der Waals surface area (Å²) in [5, 5.41) is 12.2. The van der Waals surface area contributed by atoms with E-state index in [0.29, 0.717) is 24.2 Å². The second kappa shape index (κ2) is 8.88. The first-order valence-electron chi connectivity index (χ1n) is 8.17. The molecule has 2 N–H and O–H groups in total. The van der Waals surface area contributed by atoms with E-state index in [1.807, 2.05) is 0 Å². The maximum Gasteiger partial charge on any atom is 0.324 e. The first-order chi connectivity index (χ1) is 11.7. The van der Waals surface area contributed by atoms with Gasteiger partial charge >= 0.3 is 6.03 Å². The van der Waals surface area contributed by atoms with Gasteiger partial charge in [0.2, 0.25) is 15.2 Å². The molecule has 1 saturated heterocycles. The smallest absolute Gasteiger partial charge is 0.324 e. The number of sulfonamides is 1. The molecule has 9 nitrogen and oxygen atoms in total. The van der Waals surface area contributed by atoms with Gasteiger partial charge in [0.25, 0.3) is 0 Å². The summed E-state index contributed by atoms with van der Waals surface area (Å²) in [6.07, 6.45) is 2.94. The molecule has 1 atom stereocenters. The van der Waals surface area contributed by atoms with Gasteiger partial charge in [-0.3, -0.25) is 5.32 Å². The Morgan fingerprint density at radius 3 is 2.88 bits per heavy atom. The van der Waals surface area contributed by atoms with Crippen LogP contribution in [-0.4, -0.2) is 68.1 Å². The highest BCUT2D eigenvalue weighted by Gasteiger charge is 2.28. The molecule has 1 aliphatic heterocycles. The van der Waals surface area contributed by atoms with E-state index in [1.54, 1.807) is 4.90 Å². The standard InChI is InChI=1S/C14H25N5O4S2/c1-10(2)4-5-12-17-18-13(24-12)16-14(20)19-6-7-23-9-11(19)8-15-25(3,21)22/h10-11,15H,4-9H2,1-3H3,(H,16,18,20). The SMILES string of the molecule is CC(C)CCc1nnc(NC(=O)N2CCOCC2CNS(C)(=O)=O)s1. The lowest BCUT2D eigenvalue weighted by Gasteiger charge is -2.35. The molecule has 0 spiro atoms. The van der Waals surface area contributed by atoms with Crippen molar-refractivity contribution in [3.63, 3.8) is 0 Å². The van der Waals surface area contributed by atoms with Gasteiger partial charge in [0, 0.05) is 19.5 Å². The molecular formula is C14H25N5O4S2. The van der Waals surface area contributed by atoms with E-state index < -0.39 is 10.0 Å². The van der Waals surface area contributed by atoms with Gasteiger partial charge in [-0.25, -0.2) is 17.9 Å². The largest absolute Gasteiger partial charge is 0.377 e. The van der Waals surface area contributed by atoms with Crippen LogP contribution in [0.25, 0.3) is 0 Å². The lowest BCUT2D eigenvalue weighted by Crippen LogP contribution is -2.54. The van der Waals surface area contributed by atoms with Gasteiger partial charge in [-0.2, -0.15) is 0 Å². The molecule has 2 amide bonds. The summed E-state index contributed by atoms with van der Waals surface area (Å²) in [6.45, 7) is 5.49. The summed E-state index contributed by atoms with van der Waals surface area (Å²) < 4.78 is 30.3. The molecule has 0 bridgehead atoms. The summed E-state index contributed by atoms with van der Waals surface area (Å²) in [6, 6.07) is -0.688. The Labute approximate surface area is 152 Å². The van der Waals surface area contributed by atoms with Crippen LogP contribution in [0.1, 0.15) is 25.3 Å². The predicted molar refractivity (Wildman–Crippen MR) is 96.2 cm³/mol. The van der Waals surface area contributed by atoms with E-state index in [4.69, 9.17) is 4.74 Å². The Hall–Kier alpha value is -1.30. The molecule has 0 aliphatic carbocycles. The first kappa shape index (κ1) is 20.0. The molecule has 25 heavy (non-hydrogen) atoms. The highest BCUT2D eigenvalue weighted by Crippen LogP contribution is 2.19. The molecule has 1 aliphatic rings. The second-order valence-corrected chi connectivity index (χ2v) is 9.30. The van der Waals surface area contributed by atoms with Gasteiger partial charge in [0.05, 0.1) is 25.5 Å². The van der Waals surface area contributed by atoms with E-state index in [-0.39, 0.29) is 25.2 Å². The average Bonchev–Trinajstić information content (AvgIpc) is 2.98. The van der Waals surface area contributed by atoms with Crippen LogP contribution in [0.4, 0.5) is 9.93 Å². The number of nitrogens with zero attached hydrogens (tertiary/aromatic N) is 3. The van der Waals surface area contributed by atoms with Gasteiger partial charge in [-0.1, -0.05) is 25.2 Å². The maximum absolute atomic E-state index is 12.5. The van der Waals surface area contributed by atoms with Crippen molar-refractivity contribution in [2.45, 2.75) is 32.7 Å². The van der Waals surface area contributed by atoms with Gasteiger partial charge in [-0.15, -0.1) is 10.2 Å². The molecule has 11 heteroatoms. The molecule has 142 valence electrons. The fourth-order valence-electron chi connectivity index (χ4n) is 2.32. The first-order valence-corrected chi connectivity index (χ1v) is 10.9. The van der Waals surface area contributed by atoms with Crippen LogP contribution >= 0.6 is 11.3 Å². The Morgan fingerprint density at radius 1 is 1.44 bits per heavy atom. The molecule has 0 saturated carbocycles. The minimum absolute atomic E-state index is 0.113. The number of aromatic nitrogens is 2. The van der Waals surface area contributed by atoms with Crippen molar-refractivity contribution in [1.29, 1.82) is 0 Å². The lowest BCUT2D eigenvalue weighted by atomic mass is 10.1. The van der Waals surface area contributed by atoms with E-state index >= 15 is 0 Å². The van der Waals surface area contributed by atoms with Crippen molar-refractivity contribution in [3.8, 4) is 0 Å². The van der Waals surface area contributed by atoms with E-state index in [2.05, 4.69) is 34.1 Å². The molecule has 1 unspecified atom stereocenters. The lowest BCUT2D eigenvalue weighted by molar-refractivity contribution is 0.0176. The number of hydrogen-bond acceptors (Lipinski definition) is 7. The van der Waals surface area contributed by atoms with Gasteiger partial charge in [-0.05, 0) is 12.3 Å². The summed E-state index contributed by atoms with van der Waals surface area (Å²) >= 11 is 1.36. The predicted octanol–water partition coefficient (Wildman–Crippen LogP) is 0.909. The summed E-state index contributed by atoms with van der Waals surface area (Å²) in [7, 11) is -3.33. The van der Waals surface area contributed by atoms with Crippen LogP contribution in [0.15, 0.2) is 0 Å². The number of hydrogen-bond donors (Lipinski definition) is 2. The number of amides is 2. The molecule has 1 aromatic rings. The van der Waals surface area contributed by atoms with Crippen LogP contribution in [0.5, 0.6) is 0 Å². The van der Waals surface area contributed by atoms with Crippen molar-refractivity contribution < 1.29 is 17.9 Å². The topological polar surface area (TPSA) is 114 Å². The number of aryl methyl sites for hydroxylation is 1. The zero-order valence-electron chi connectivity index (χ0n) is 14.7. The van der Waals surface area contributed by atoms with Crippen LogP contribution < -0.4 is 10.0 Å². The number of anilines is 1. The molecule has 0 aromatic carbocycles. The molecule has 2 rings (SSSR count). The van der Waals surface area contributed by atoms with Crippen molar-refractivity contribution in [2.24, 2.45) is 5.92 Å². The molecule has 0 radical (unpaired) electrons. The van der Waals surface area contributed by atoms with Crippen LogP contribution in [0, 0.1) is 5.92 Å². The number of nitrogens with one attached hydrogen (secondary N) is 2. The van der Waals surface area contributed by atoms with Gasteiger partial charge in [0.15, 0.2) is 0 Å². The summed E-state index contributed by atoms with van der Waals surface area (Å²) in [5.41, 5.74) is 0. The number of carbonyl (C=O) groups excluding carboxylic acids is 1. The van der Waals surface area contributed by atoms with Crippen LogP contribution in [-0.2, 0) is 21.2 Å². The monoisotopic (exact) mass is 391 g/mol. The number of urea groups is 1. The quantitative estimate of drug-likeness (QED) is 0.714. The van der Waals surface area contributed by atoms with E-state index in [1.165, 1.54) is 11.3 Å². The van der Waals surface area contributed by atoms with Crippen molar-refractivity contribution in [2.75, 3.05) is 37.9 Å². The fourth-order valence-corrected chi connectivity index (χ4v) is 3.56. The van der Waals surface area contributed by atoms with Crippen molar-refractivity contribution >= 4 is 32.5 Å². The molecule has 2 heterocycles. The van der Waals surface area contributed by atoms with Gasteiger partial charge in [0.1, 0.15) is 5.01 Å². The van der Waals surface area contributed by atoms with E-state index in [0.717, 1.165) is 24.1 Å². The molecule has 1 fully saturated rings. The van der Waals surface area contributed by atoms with Crippen molar-refractivity contribution in [3.05, 3.63) is 5.01 Å². The zero-order valence-corrected chi connectivity index (χ0v) is 16.3. The van der Waals surface area contributed by atoms with Crippen LogP contribution in [0.2, 0.25) is 0 Å².